The normalized spacial score (nSPS) is 31.2. The van der Waals surface area contributed by atoms with Gasteiger partial charge in [0.1, 0.15) is 0 Å². The van der Waals surface area contributed by atoms with Crippen LogP contribution in [0.25, 0.3) is 0 Å². The zero-order valence-electron chi connectivity index (χ0n) is 19.0. The van der Waals surface area contributed by atoms with Crippen LogP contribution in [0, 0.1) is 42.4 Å². The molecule has 1 aliphatic heterocycles. The molecule has 4 aliphatic carbocycles. The molecule has 6 heteroatoms. The highest BCUT2D eigenvalue weighted by atomic mass is 16.5. The molecular formula is C28H25NO5. The molecule has 2 aromatic rings. The van der Waals surface area contributed by atoms with E-state index in [1.165, 1.54) is 17.9 Å². The van der Waals surface area contributed by atoms with Crippen LogP contribution in [0.5, 0.6) is 0 Å². The van der Waals surface area contributed by atoms with Crippen LogP contribution < -0.4 is 4.90 Å². The number of ketones is 1. The van der Waals surface area contributed by atoms with Gasteiger partial charge in [-0.1, -0.05) is 48.0 Å². The highest BCUT2D eigenvalue weighted by Gasteiger charge is 2.67. The third-order valence-corrected chi connectivity index (χ3v) is 7.99. The van der Waals surface area contributed by atoms with Crippen molar-refractivity contribution < 1.29 is 23.9 Å². The number of allylic oxidation sites excluding steroid dienone is 2. The maximum absolute atomic E-state index is 13.3. The van der Waals surface area contributed by atoms with E-state index in [9.17, 15) is 19.2 Å². The number of nitrogens with zero attached hydrogens (tertiary/aromatic N) is 1. The Morgan fingerprint density at radius 1 is 0.912 bits per heavy atom. The van der Waals surface area contributed by atoms with Gasteiger partial charge in [0.2, 0.25) is 17.6 Å². The Labute approximate surface area is 197 Å². The summed E-state index contributed by atoms with van der Waals surface area (Å²) in [6.45, 7) is 3.47. The van der Waals surface area contributed by atoms with E-state index >= 15 is 0 Å². The summed E-state index contributed by atoms with van der Waals surface area (Å²) < 4.78 is 5.43. The molecule has 0 radical (unpaired) electrons. The lowest BCUT2D eigenvalue weighted by molar-refractivity contribution is -0.124. The molecule has 3 fully saturated rings. The van der Waals surface area contributed by atoms with Gasteiger partial charge in [-0.3, -0.25) is 14.4 Å². The van der Waals surface area contributed by atoms with Crippen molar-refractivity contribution in [2.24, 2.45) is 35.5 Å². The maximum Gasteiger partial charge on any atom is 0.338 e. The van der Waals surface area contributed by atoms with E-state index in [4.69, 9.17) is 4.74 Å². The number of hydrogen-bond donors (Lipinski definition) is 0. The second-order valence-corrected chi connectivity index (χ2v) is 9.99. The van der Waals surface area contributed by atoms with Crippen molar-refractivity contribution in [2.45, 2.75) is 26.4 Å². The molecule has 0 N–H and O–H groups in total. The third-order valence-electron chi connectivity index (χ3n) is 7.99. The second kappa shape index (κ2) is 7.49. The van der Waals surface area contributed by atoms with Crippen LogP contribution in [0.15, 0.2) is 60.7 Å². The van der Waals surface area contributed by atoms with E-state index < -0.39 is 12.1 Å². The summed E-state index contributed by atoms with van der Waals surface area (Å²) in [6.07, 6.45) is 4.41. The van der Waals surface area contributed by atoms with Crippen LogP contribution in [0.2, 0.25) is 0 Å². The summed E-state index contributed by atoms with van der Waals surface area (Å²) in [5.74, 6) is -0.561. The largest absolute Gasteiger partial charge is 0.451 e. The number of aryl methyl sites for hydroxylation is 1. The van der Waals surface area contributed by atoms with E-state index in [0.29, 0.717) is 23.1 Å². The summed E-state index contributed by atoms with van der Waals surface area (Å²) in [7, 11) is 0. The number of imide groups is 1. The molecule has 2 saturated carbocycles. The van der Waals surface area contributed by atoms with Gasteiger partial charge in [0, 0.05) is 5.56 Å². The number of Topliss-reactive ketones (excluding diaryl/α,β-unsaturated/α-hetero) is 1. The van der Waals surface area contributed by atoms with Crippen molar-refractivity contribution in [2.75, 3.05) is 4.90 Å². The van der Waals surface area contributed by atoms with Crippen molar-refractivity contribution in [3.8, 4) is 0 Å². The number of benzene rings is 2. The zero-order chi connectivity index (χ0) is 23.7. The number of rotatable bonds is 5. The van der Waals surface area contributed by atoms with E-state index in [0.717, 1.165) is 12.0 Å². The van der Waals surface area contributed by atoms with E-state index in [1.54, 1.807) is 30.3 Å². The highest BCUT2D eigenvalue weighted by Crippen LogP contribution is 2.65. The van der Waals surface area contributed by atoms with Crippen LogP contribution in [-0.4, -0.2) is 29.7 Å². The number of carbonyl (C=O) groups is 4. The fraction of sp³-hybridized carbons (Fsp3) is 0.357. The minimum absolute atomic E-state index is 0.142. The van der Waals surface area contributed by atoms with E-state index in [2.05, 4.69) is 12.2 Å². The van der Waals surface area contributed by atoms with Crippen molar-refractivity contribution in [1.29, 1.82) is 0 Å². The Bertz CT molecular complexity index is 1230. The first-order valence-electron chi connectivity index (χ1n) is 11.8. The van der Waals surface area contributed by atoms with Gasteiger partial charge in [-0.15, -0.1) is 0 Å². The Balaban J connectivity index is 1.21. The fourth-order valence-electron chi connectivity index (χ4n) is 6.22. The first-order valence-corrected chi connectivity index (χ1v) is 11.8. The van der Waals surface area contributed by atoms with Crippen LogP contribution in [0.4, 0.5) is 5.69 Å². The van der Waals surface area contributed by atoms with Crippen molar-refractivity contribution in [3.63, 3.8) is 0 Å². The zero-order valence-corrected chi connectivity index (χ0v) is 19.0. The molecule has 0 spiro atoms. The number of hydrogen-bond acceptors (Lipinski definition) is 5. The van der Waals surface area contributed by atoms with Gasteiger partial charge in [-0.25, -0.2) is 9.69 Å². The monoisotopic (exact) mass is 455 g/mol. The van der Waals surface area contributed by atoms with Crippen LogP contribution in [0.3, 0.4) is 0 Å². The predicted molar refractivity (Wildman–Crippen MR) is 124 cm³/mol. The molecule has 1 heterocycles. The van der Waals surface area contributed by atoms with Crippen LogP contribution in [-0.2, 0) is 14.3 Å². The maximum atomic E-state index is 13.3. The Morgan fingerprint density at radius 3 is 2.15 bits per heavy atom. The summed E-state index contributed by atoms with van der Waals surface area (Å²) in [5.41, 5.74) is 2.08. The van der Waals surface area contributed by atoms with Crippen LogP contribution in [0.1, 0.15) is 39.6 Å². The summed E-state index contributed by atoms with van der Waals surface area (Å²) in [4.78, 5) is 53.4. The van der Waals surface area contributed by atoms with Gasteiger partial charge in [-0.2, -0.15) is 0 Å². The molecule has 7 rings (SSSR count). The number of carbonyl (C=O) groups excluding carboxylic acids is 4. The number of esters is 1. The lowest BCUT2D eigenvalue weighted by atomic mass is 9.63. The molecular weight excluding hydrogens is 430 g/mol. The Hall–Kier alpha value is -3.54. The SMILES string of the molecule is Cc1ccc(C(=O)C(C)OC(=O)c2cccc(N3C(=O)C4C5C=CC(C6CC56)C4C3=O)c2)cc1. The topological polar surface area (TPSA) is 80.8 Å². The summed E-state index contributed by atoms with van der Waals surface area (Å²) in [5, 5.41) is 0. The molecule has 34 heavy (non-hydrogen) atoms. The first kappa shape index (κ1) is 21.0. The molecule has 7 unspecified atom stereocenters. The summed E-state index contributed by atoms with van der Waals surface area (Å²) >= 11 is 0. The number of anilines is 1. The van der Waals surface area contributed by atoms with Gasteiger partial charge < -0.3 is 4.74 Å². The number of ether oxygens (including phenoxy) is 1. The van der Waals surface area contributed by atoms with Crippen molar-refractivity contribution in [1.82, 2.24) is 0 Å². The molecule has 0 aromatic heterocycles. The molecule has 7 atom stereocenters. The first-order chi connectivity index (χ1) is 16.3. The smallest absolute Gasteiger partial charge is 0.338 e. The van der Waals surface area contributed by atoms with E-state index in [-0.39, 0.29) is 46.8 Å². The molecule has 2 bridgehead atoms. The molecule has 2 amide bonds. The van der Waals surface area contributed by atoms with Gasteiger partial charge in [0.25, 0.3) is 0 Å². The van der Waals surface area contributed by atoms with Gasteiger partial charge >= 0.3 is 5.97 Å². The quantitative estimate of drug-likeness (QED) is 0.295. The fourth-order valence-corrected chi connectivity index (χ4v) is 6.22. The Morgan fingerprint density at radius 2 is 1.53 bits per heavy atom. The van der Waals surface area contributed by atoms with E-state index in [1.807, 2.05) is 19.1 Å². The van der Waals surface area contributed by atoms with Gasteiger partial charge in [0.15, 0.2) is 6.10 Å². The Kier molecular flexibility index (Phi) is 4.63. The second-order valence-electron chi connectivity index (χ2n) is 9.99. The van der Waals surface area contributed by atoms with Crippen molar-refractivity contribution >= 4 is 29.3 Å². The number of amides is 2. The minimum Gasteiger partial charge on any atom is -0.451 e. The lowest BCUT2D eigenvalue weighted by Gasteiger charge is -2.37. The molecule has 2 aromatic carbocycles. The summed E-state index contributed by atoms with van der Waals surface area (Å²) in [6, 6.07) is 13.4. The minimum atomic E-state index is -0.967. The molecule has 1 saturated heterocycles. The average Bonchev–Trinajstić information content (AvgIpc) is 3.62. The van der Waals surface area contributed by atoms with Gasteiger partial charge in [0.05, 0.1) is 23.1 Å². The third kappa shape index (κ3) is 3.08. The van der Waals surface area contributed by atoms with Gasteiger partial charge in [-0.05, 0) is 62.1 Å². The molecule has 5 aliphatic rings. The standard InChI is InChI=1S/C28H25NO5/c1-14-6-8-16(9-7-14)25(30)15(2)34-28(33)17-4-3-5-18(12-17)29-26(31)23-19-10-11-20(22-13-21(19)22)24(23)27(29)32/h3-12,15,19-24H,13H2,1-2H3. The highest BCUT2D eigenvalue weighted by molar-refractivity contribution is 6.23. The van der Waals surface area contributed by atoms with Crippen LogP contribution >= 0.6 is 0 Å². The lowest BCUT2D eigenvalue weighted by Crippen LogP contribution is -2.40. The predicted octanol–water partition coefficient (Wildman–Crippen LogP) is 3.98. The van der Waals surface area contributed by atoms with Crippen molar-refractivity contribution in [3.05, 3.63) is 77.4 Å². The average molecular weight is 456 g/mol. The molecule has 172 valence electrons. The molecule has 6 nitrogen and oxygen atoms in total.